The van der Waals surface area contributed by atoms with Crippen LogP contribution in [-0.2, 0) is 5.92 Å². The van der Waals surface area contributed by atoms with Crippen LogP contribution in [0.25, 0.3) is 0 Å². The number of hydrogen-bond acceptors (Lipinski definition) is 2. The Labute approximate surface area is 74.3 Å². The molecule has 0 bridgehead atoms. The predicted molar refractivity (Wildman–Crippen MR) is 44.5 cm³/mol. The Morgan fingerprint density at radius 3 is 2.62 bits per heavy atom. The summed E-state index contributed by atoms with van der Waals surface area (Å²) in [6.07, 6.45) is 0. The van der Waals surface area contributed by atoms with Crippen LogP contribution in [0.2, 0.25) is 0 Å². The van der Waals surface area contributed by atoms with Gasteiger partial charge in [0.2, 0.25) is 0 Å². The topological polar surface area (TPSA) is 54.7 Å². The Hall–Kier alpha value is -1.13. The third-order valence-corrected chi connectivity index (χ3v) is 2.94. The molecule has 0 amide bonds. The van der Waals surface area contributed by atoms with Gasteiger partial charge in [0, 0.05) is 11.5 Å². The highest BCUT2D eigenvalue weighted by Crippen LogP contribution is 2.52. The van der Waals surface area contributed by atoms with Crippen molar-refractivity contribution >= 4 is 5.82 Å². The first-order valence-corrected chi connectivity index (χ1v) is 4.18. The van der Waals surface area contributed by atoms with Gasteiger partial charge in [0.1, 0.15) is 11.5 Å². The quantitative estimate of drug-likeness (QED) is 0.651. The lowest BCUT2D eigenvalue weighted by molar-refractivity contribution is -0.0552. The van der Waals surface area contributed by atoms with Gasteiger partial charge in [-0.2, -0.15) is 13.9 Å². The lowest BCUT2D eigenvalue weighted by Gasteiger charge is -2.17. The van der Waals surface area contributed by atoms with Crippen LogP contribution in [0.1, 0.15) is 31.0 Å². The molecule has 0 saturated heterocycles. The summed E-state index contributed by atoms with van der Waals surface area (Å²) >= 11 is 0. The van der Waals surface area contributed by atoms with E-state index in [1.54, 1.807) is 6.92 Å². The summed E-state index contributed by atoms with van der Waals surface area (Å²) in [5, 5.41) is 5.90. The zero-order valence-corrected chi connectivity index (χ0v) is 7.44. The predicted octanol–water partition coefficient (Wildman–Crippen LogP) is 1.84. The van der Waals surface area contributed by atoms with Crippen molar-refractivity contribution in [1.82, 2.24) is 10.2 Å². The summed E-state index contributed by atoms with van der Waals surface area (Å²) in [5.74, 6) is -3.56. The number of nitrogen functional groups attached to an aromatic ring is 1. The molecule has 0 aliphatic heterocycles. The fraction of sp³-hybridized carbons (Fsp3) is 0.625. The zero-order chi connectivity index (χ0) is 9.80. The maximum absolute atomic E-state index is 13.5. The van der Waals surface area contributed by atoms with Crippen LogP contribution < -0.4 is 5.73 Å². The van der Waals surface area contributed by atoms with E-state index in [-0.39, 0.29) is 17.4 Å². The fourth-order valence-corrected chi connectivity index (χ4v) is 1.87. The van der Waals surface area contributed by atoms with Crippen molar-refractivity contribution in [2.45, 2.75) is 25.7 Å². The van der Waals surface area contributed by atoms with Gasteiger partial charge in [0.05, 0.1) is 0 Å². The van der Waals surface area contributed by atoms with Crippen molar-refractivity contribution in [1.29, 1.82) is 0 Å². The number of nitrogens with two attached hydrogens (primary N) is 1. The molecule has 0 aromatic carbocycles. The van der Waals surface area contributed by atoms with E-state index in [1.807, 2.05) is 0 Å². The Kier molecular flexibility index (Phi) is 1.44. The van der Waals surface area contributed by atoms with Crippen molar-refractivity contribution in [3.8, 4) is 0 Å². The minimum atomic E-state index is -2.82. The molecular formula is C8H11F2N3. The summed E-state index contributed by atoms with van der Waals surface area (Å²) in [6.45, 7) is 3.27. The molecule has 0 saturated carbocycles. The number of nitrogens with one attached hydrogen (secondary N) is 1. The molecule has 1 aromatic heterocycles. The van der Waals surface area contributed by atoms with E-state index in [4.69, 9.17) is 5.73 Å². The van der Waals surface area contributed by atoms with E-state index in [1.165, 1.54) is 6.92 Å². The molecule has 72 valence electrons. The van der Waals surface area contributed by atoms with Crippen LogP contribution in [0, 0.1) is 5.92 Å². The first-order chi connectivity index (χ1) is 5.96. The second kappa shape index (κ2) is 2.21. The molecule has 0 fully saturated rings. The lowest BCUT2D eigenvalue weighted by Crippen LogP contribution is -2.20. The van der Waals surface area contributed by atoms with E-state index in [0.29, 0.717) is 5.56 Å². The van der Waals surface area contributed by atoms with Crippen LogP contribution in [0.3, 0.4) is 0 Å². The van der Waals surface area contributed by atoms with Gasteiger partial charge >= 0.3 is 0 Å². The van der Waals surface area contributed by atoms with Crippen LogP contribution in [-0.4, -0.2) is 10.2 Å². The molecule has 0 unspecified atom stereocenters. The molecule has 2 rings (SSSR count). The van der Waals surface area contributed by atoms with E-state index >= 15 is 0 Å². The van der Waals surface area contributed by atoms with Gasteiger partial charge < -0.3 is 5.73 Å². The van der Waals surface area contributed by atoms with Crippen LogP contribution >= 0.6 is 0 Å². The molecule has 2 atom stereocenters. The third-order valence-electron chi connectivity index (χ3n) is 2.94. The van der Waals surface area contributed by atoms with Gasteiger partial charge in [0.15, 0.2) is 0 Å². The number of hydrogen-bond donors (Lipinski definition) is 2. The average molecular weight is 187 g/mol. The molecule has 1 aliphatic rings. The molecule has 5 heteroatoms. The molecule has 1 aliphatic carbocycles. The van der Waals surface area contributed by atoms with Crippen molar-refractivity contribution in [2.24, 2.45) is 5.92 Å². The highest BCUT2D eigenvalue weighted by atomic mass is 19.3. The maximum atomic E-state index is 13.5. The first-order valence-electron chi connectivity index (χ1n) is 4.18. The molecular weight excluding hydrogens is 176 g/mol. The number of rotatable bonds is 0. The molecule has 1 aromatic rings. The lowest BCUT2D eigenvalue weighted by atomic mass is 9.95. The molecule has 3 N–H and O–H groups in total. The average Bonchev–Trinajstić information content (AvgIpc) is 2.50. The monoisotopic (exact) mass is 187 g/mol. The minimum Gasteiger partial charge on any atom is -0.382 e. The smallest absolute Gasteiger partial charge is 0.292 e. The van der Waals surface area contributed by atoms with E-state index in [9.17, 15) is 8.78 Å². The summed E-state index contributed by atoms with van der Waals surface area (Å²) in [4.78, 5) is 0. The molecule has 13 heavy (non-hydrogen) atoms. The number of nitrogens with zero attached hydrogens (tertiary/aromatic N) is 1. The number of halogens is 2. The summed E-state index contributed by atoms with van der Waals surface area (Å²) < 4.78 is 26.9. The number of aromatic amines is 1. The number of fused-ring (bicyclic) bond motifs is 1. The second-order valence-corrected chi connectivity index (χ2v) is 3.60. The third kappa shape index (κ3) is 0.842. The molecule has 1 heterocycles. The number of anilines is 1. The van der Waals surface area contributed by atoms with Crippen LogP contribution in [0.4, 0.5) is 14.6 Å². The zero-order valence-electron chi connectivity index (χ0n) is 7.44. The van der Waals surface area contributed by atoms with E-state index < -0.39 is 11.8 Å². The summed E-state index contributed by atoms with van der Waals surface area (Å²) in [6, 6.07) is 0. The number of alkyl halides is 2. The summed E-state index contributed by atoms with van der Waals surface area (Å²) in [7, 11) is 0. The van der Waals surface area contributed by atoms with Crippen LogP contribution in [0.15, 0.2) is 0 Å². The number of H-pyrrole nitrogens is 1. The number of aromatic nitrogens is 2. The SMILES string of the molecule is C[C@@H]1c2c(N)n[nH]c2C(F)(F)[C@@H]1C. The van der Waals surface area contributed by atoms with Crippen molar-refractivity contribution in [3.63, 3.8) is 0 Å². The first kappa shape index (κ1) is 8.47. The summed E-state index contributed by atoms with van der Waals surface area (Å²) in [5.41, 5.74) is 5.87. The van der Waals surface area contributed by atoms with Gasteiger partial charge in [-0.15, -0.1) is 0 Å². The fourth-order valence-electron chi connectivity index (χ4n) is 1.87. The normalized spacial score (nSPS) is 30.5. The maximum Gasteiger partial charge on any atom is 0.292 e. The van der Waals surface area contributed by atoms with E-state index in [0.717, 1.165) is 0 Å². The Bertz CT molecular complexity index is 345. The van der Waals surface area contributed by atoms with Gasteiger partial charge in [-0.1, -0.05) is 13.8 Å². The van der Waals surface area contributed by atoms with E-state index in [2.05, 4.69) is 10.2 Å². The van der Waals surface area contributed by atoms with Crippen molar-refractivity contribution < 1.29 is 8.78 Å². The molecule has 0 radical (unpaired) electrons. The van der Waals surface area contributed by atoms with Crippen LogP contribution in [0.5, 0.6) is 0 Å². The Balaban J connectivity index is 2.62. The highest BCUT2D eigenvalue weighted by Gasteiger charge is 2.52. The van der Waals surface area contributed by atoms with Gasteiger partial charge in [0.25, 0.3) is 5.92 Å². The van der Waals surface area contributed by atoms with Gasteiger partial charge in [-0.3, -0.25) is 5.10 Å². The molecule has 0 spiro atoms. The second-order valence-electron chi connectivity index (χ2n) is 3.60. The molecule has 3 nitrogen and oxygen atoms in total. The minimum absolute atomic E-state index is 0.106. The van der Waals surface area contributed by atoms with Crippen molar-refractivity contribution in [2.75, 3.05) is 5.73 Å². The standard InChI is InChI=1S/C8H11F2N3/c1-3-4(2)8(9,10)6-5(3)7(11)13-12-6/h3-4H,1-2H3,(H3,11,12,13)/t3-,4+/m0/s1. The van der Waals surface area contributed by atoms with Gasteiger partial charge in [-0.25, -0.2) is 0 Å². The van der Waals surface area contributed by atoms with Crippen molar-refractivity contribution in [3.05, 3.63) is 11.3 Å². The Morgan fingerprint density at radius 2 is 2.08 bits per heavy atom. The largest absolute Gasteiger partial charge is 0.382 e. The highest BCUT2D eigenvalue weighted by molar-refractivity contribution is 5.50. The Morgan fingerprint density at radius 1 is 1.46 bits per heavy atom. The van der Waals surface area contributed by atoms with Gasteiger partial charge in [-0.05, 0) is 5.92 Å².